The number of hydrazine groups is 1. The lowest BCUT2D eigenvalue weighted by molar-refractivity contribution is 0.341. The highest BCUT2D eigenvalue weighted by Crippen LogP contribution is 2.27. The van der Waals surface area contributed by atoms with Crippen molar-refractivity contribution in [3.8, 4) is 0 Å². The van der Waals surface area contributed by atoms with Crippen LogP contribution in [0.1, 0.15) is 11.1 Å². The van der Waals surface area contributed by atoms with Crippen LogP contribution in [0.25, 0.3) is 0 Å². The van der Waals surface area contributed by atoms with Crippen molar-refractivity contribution in [1.82, 2.24) is 9.91 Å². The van der Waals surface area contributed by atoms with Crippen LogP contribution in [0.2, 0.25) is 0 Å². The third kappa shape index (κ3) is 2.31. The smallest absolute Gasteiger partial charge is 0.117 e. The zero-order valence-corrected chi connectivity index (χ0v) is 10.7. The predicted octanol–water partition coefficient (Wildman–Crippen LogP) is 1.33. The van der Waals surface area contributed by atoms with Gasteiger partial charge in [-0.1, -0.05) is 22.0 Å². The maximum absolute atomic E-state index is 5.95. The maximum atomic E-state index is 5.95. The molecular formula is C11H15BrN4. The molecule has 1 aromatic carbocycles. The summed E-state index contributed by atoms with van der Waals surface area (Å²) in [6.07, 6.45) is 1.72. The van der Waals surface area contributed by atoms with E-state index in [4.69, 9.17) is 11.6 Å². The SMILES string of the molecule is CN(N)/C=C(\N)N1Cc2ccc(Br)cc2C1. The molecular weight excluding hydrogens is 268 g/mol. The molecule has 0 radical (unpaired) electrons. The second kappa shape index (κ2) is 4.35. The van der Waals surface area contributed by atoms with Crippen LogP contribution in [0.15, 0.2) is 34.7 Å². The number of fused-ring (bicyclic) bond motifs is 1. The molecule has 4 nitrogen and oxygen atoms in total. The Kier molecular flexibility index (Phi) is 3.07. The van der Waals surface area contributed by atoms with Gasteiger partial charge in [-0.05, 0) is 23.3 Å². The van der Waals surface area contributed by atoms with E-state index in [0.29, 0.717) is 5.82 Å². The number of halogens is 1. The third-order valence-corrected chi connectivity index (χ3v) is 3.09. The summed E-state index contributed by atoms with van der Waals surface area (Å²) in [4.78, 5) is 2.10. The number of nitrogens with zero attached hydrogens (tertiary/aromatic N) is 2. The lowest BCUT2D eigenvalue weighted by Gasteiger charge is -2.19. The summed E-state index contributed by atoms with van der Waals surface area (Å²) in [6, 6.07) is 6.31. The van der Waals surface area contributed by atoms with Crippen LogP contribution >= 0.6 is 15.9 Å². The van der Waals surface area contributed by atoms with Crippen molar-refractivity contribution in [2.75, 3.05) is 7.05 Å². The molecule has 0 aliphatic carbocycles. The summed E-state index contributed by atoms with van der Waals surface area (Å²) in [5.74, 6) is 6.22. The van der Waals surface area contributed by atoms with Crippen molar-refractivity contribution in [3.05, 3.63) is 45.8 Å². The molecule has 0 amide bonds. The van der Waals surface area contributed by atoms with Crippen LogP contribution in [0.4, 0.5) is 0 Å². The molecule has 2 rings (SSSR count). The summed E-state index contributed by atoms with van der Waals surface area (Å²) in [5.41, 5.74) is 8.58. The highest BCUT2D eigenvalue weighted by molar-refractivity contribution is 9.10. The minimum Gasteiger partial charge on any atom is -0.384 e. The van der Waals surface area contributed by atoms with Crippen molar-refractivity contribution >= 4 is 15.9 Å². The lowest BCUT2D eigenvalue weighted by Crippen LogP contribution is -2.28. The average Bonchev–Trinajstić information content (AvgIpc) is 2.59. The number of hydrogen-bond acceptors (Lipinski definition) is 4. The van der Waals surface area contributed by atoms with Gasteiger partial charge >= 0.3 is 0 Å². The lowest BCUT2D eigenvalue weighted by atomic mass is 10.1. The molecule has 1 aliphatic rings. The van der Waals surface area contributed by atoms with Crippen LogP contribution in [-0.2, 0) is 13.1 Å². The van der Waals surface area contributed by atoms with E-state index in [1.165, 1.54) is 16.1 Å². The standard InChI is InChI=1S/C11H15BrN4/c1-15(14)7-11(13)16-5-8-2-3-10(12)4-9(8)6-16/h2-4,7H,5-6,13-14H2,1H3/b11-7+. The fraction of sp³-hybridized carbons (Fsp3) is 0.273. The second-order valence-corrected chi connectivity index (χ2v) is 4.90. The molecule has 0 atom stereocenters. The Morgan fingerprint density at radius 3 is 2.81 bits per heavy atom. The molecule has 0 unspecified atom stereocenters. The largest absolute Gasteiger partial charge is 0.384 e. The van der Waals surface area contributed by atoms with Gasteiger partial charge in [0.1, 0.15) is 5.82 Å². The first kappa shape index (κ1) is 11.3. The number of benzene rings is 1. The second-order valence-electron chi connectivity index (χ2n) is 3.99. The zero-order chi connectivity index (χ0) is 11.7. The van der Waals surface area contributed by atoms with E-state index in [2.05, 4.69) is 39.0 Å². The molecule has 1 heterocycles. The third-order valence-electron chi connectivity index (χ3n) is 2.59. The molecule has 0 saturated carbocycles. The number of hydrogen-bond donors (Lipinski definition) is 2. The van der Waals surface area contributed by atoms with E-state index in [0.717, 1.165) is 17.6 Å². The van der Waals surface area contributed by atoms with Gasteiger partial charge in [0.25, 0.3) is 0 Å². The quantitative estimate of drug-likeness (QED) is 0.635. The predicted molar refractivity (Wildman–Crippen MR) is 67.6 cm³/mol. The summed E-state index contributed by atoms with van der Waals surface area (Å²) in [5, 5.41) is 1.47. The molecule has 86 valence electrons. The van der Waals surface area contributed by atoms with E-state index in [1.54, 1.807) is 13.2 Å². The molecule has 4 N–H and O–H groups in total. The normalized spacial score (nSPS) is 15.2. The Labute approximate surface area is 104 Å². The molecule has 5 heteroatoms. The van der Waals surface area contributed by atoms with Gasteiger partial charge in [-0.2, -0.15) is 0 Å². The number of nitrogens with two attached hydrogens (primary N) is 2. The summed E-state index contributed by atoms with van der Waals surface area (Å²) in [6.45, 7) is 1.68. The maximum Gasteiger partial charge on any atom is 0.117 e. The van der Waals surface area contributed by atoms with Gasteiger partial charge in [-0.25, -0.2) is 5.84 Å². The Balaban J connectivity index is 2.17. The van der Waals surface area contributed by atoms with Crippen LogP contribution in [0, 0.1) is 0 Å². The first-order valence-corrected chi connectivity index (χ1v) is 5.82. The summed E-state index contributed by atoms with van der Waals surface area (Å²) in [7, 11) is 1.76. The Morgan fingerprint density at radius 1 is 1.44 bits per heavy atom. The molecule has 1 aliphatic heterocycles. The first-order chi connectivity index (χ1) is 7.56. The van der Waals surface area contributed by atoms with Crippen LogP contribution in [0.3, 0.4) is 0 Å². The van der Waals surface area contributed by atoms with E-state index < -0.39 is 0 Å². The van der Waals surface area contributed by atoms with Gasteiger partial charge in [0, 0.05) is 24.6 Å². The molecule has 0 spiro atoms. The van der Waals surface area contributed by atoms with E-state index >= 15 is 0 Å². The zero-order valence-electron chi connectivity index (χ0n) is 9.15. The van der Waals surface area contributed by atoms with Gasteiger partial charge in [-0.3, -0.25) is 0 Å². The highest BCUT2D eigenvalue weighted by atomic mass is 79.9. The van der Waals surface area contributed by atoms with Crippen molar-refractivity contribution in [3.63, 3.8) is 0 Å². The summed E-state index contributed by atoms with van der Waals surface area (Å²) < 4.78 is 1.10. The van der Waals surface area contributed by atoms with Gasteiger partial charge in [0.05, 0.1) is 6.20 Å². The van der Waals surface area contributed by atoms with Gasteiger partial charge < -0.3 is 15.6 Å². The van der Waals surface area contributed by atoms with Crippen LogP contribution in [-0.4, -0.2) is 17.0 Å². The summed E-state index contributed by atoms with van der Waals surface area (Å²) >= 11 is 3.47. The van der Waals surface area contributed by atoms with Gasteiger partial charge in [0.2, 0.25) is 0 Å². The Hall–Kier alpha value is -1.20. The first-order valence-electron chi connectivity index (χ1n) is 5.03. The minimum atomic E-state index is 0.692. The topological polar surface area (TPSA) is 58.5 Å². The highest BCUT2D eigenvalue weighted by Gasteiger charge is 2.19. The van der Waals surface area contributed by atoms with Crippen molar-refractivity contribution < 1.29 is 0 Å². The van der Waals surface area contributed by atoms with Gasteiger partial charge in [-0.15, -0.1) is 0 Å². The fourth-order valence-electron chi connectivity index (χ4n) is 1.84. The Morgan fingerprint density at radius 2 is 2.12 bits per heavy atom. The van der Waals surface area contributed by atoms with Gasteiger partial charge in [0.15, 0.2) is 0 Å². The molecule has 0 aromatic heterocycles. The molecule has 1 aromatic rings. The molecule has 16 heavy (non-hydrogen) atoms. The molecule has 0 saturated heterocycles. The van der Waals surface area contributed by atoms with Crippen LogP contribution < -0.4 is 11.6 Å². The van der Waals surface area contributed by atoms with E-state index in [-0.39, 0.29) is 0 Å². The minimum absolute atomic E-state index is 0.692. The Bertz CT molecular complexity index is 428. The van der Waals surface area contributed by atoms with Crippen molar-refractivity contribution in [2.45, 2.75) is 13.1 Å². The van der Waals surface area contributed by atoms with Crippen molar-refractivity contribution in [2.24, 2.45) is 11.6 Å². The van der Waals surface area contributed by atoms with Crippen LogP contribution in [0.5, 0.6) is 0 Å². The number of rotatable bonds is 2. The van der Waals surface area contributed by atoms with Crippen molar-refractivity contribution in [1.29, 1.82) is 0 Å². The molecule has 0 bridgehead atoms. The fourth-order valence-corrected chi connectivity index (χ4v) is 2.24. The van der Waals surface area contributed by atoms with E-state index in [9.17, 15) is 0 Å². The average molecular weight is 283 g/mol. The molecule has 0 fully saturated rings. The van der Waals surface area contributed by atoms with E-state index in [1.807, 2.05) is 0 Å². The monoisotopic (exact) mass is 282 g/mol.